The van der Waals surface area contributed by atoms with E-state index in [1.807, 2.05) is 27.7 Å². The Morgan fingerprint density at radius 3 is 1.64 bits per heavy atom. The Labute approximate surface area is 84.4 Å². The molecular weight excluding hydrogens is 186 g/mol. The van der Waals surface area contributed by atoms with E-state index in [4.69, 9.17) is 0 Å². The lowest BCUT2D eigenvalue weighted by Crippen LogP contribution is -1.93. The summed E-state index contributed by atoms with van der Waals surface area (Å²) >= 11 is 0. The Balaban J connectivity index is 0. The van der Waals surface area contributed by atoms with Gasteiger partial charge in [0.05, 0.1) is 0 Å². The van der Waals surface area contributed by atoms with E-state index in [0.29, 0.717) is 0 Å². The molecule has 0 N–H and O–H groups in total. The molecule has 1 aromatic heterocycles. The lowest BCUT2D eigenvalue weighted by atomic mass is 10.4. The normalized spacial score (nSPS) is 8.29. The summed E-state index contributed by atoms with van der Waals surface area (Å²) in [6.07, 6.45) is 0.170. The topological polar surface area (TPSA) is 25.8 Å². The number of hydrogen-bond donors (Lipinski definition) is 0. The molecule has 4 heteroatoms. The van der Waals surface area contributed by atoms with E-state index in [0.717, 1.165) is 5.56 Å². The first-order chi connectivity index (χ1) is 6.70. The van der Waals surface area contributed by atoms with E-state index in [9.17, 15) is 8.78 Å². The highest BCUT2D eigenvalue weighted by atomic mass is 19.3. The van der Waals surface area contributed by atoms with Gasteiger partial charge >= 0.3 is 0 Å². The molecule has 1 aromatic rings. The fraction of sp³-hybridized carbons (Fsp3) is 0.600. The minimum atomic E-state index is -2.57. The SMILES string of the molecule is CC.CC.Cc1cnc(C(F)F)nc1. The lowest BCUT2D eigenvalue weighted by molar-refractivity contribution is 0.140. The molecule has 0 amide bonds. The van der Waals surface area contributed by atoms with E-state index in [1.165, 1.54) is 12.4 Å². The number of aromatic nitrogens is 2. The zero-order chi connectivity index (χ0) is 11.6. The monoisotopic (exact) mass is 204 g/mol. The maximum Gasteiger partial charge on any atom is 0.297 e. The third-order valence-corrected chi connectivity index (χ3v) is 0.996. The lowest BCUT2D eigenvalue weighted by Gasteiger charge is -1.95. The van der Waals surface area contributed by atoms with Gasteiger partial charge in [-0.3, -0.25) is 0 Å². The van der Waals surface area contributed by atoms with Crippen molar-refractivity contribution in [2.24, 2.45) is 0 Å². The van der Waals surface area contributed by atoms with Gasteiger partial charge in [-0.05, 0) is 12.5 Å². The molecule has 0 bridgehead atoms. The van der Waals surface area contributed by atoms with Gasteiger partial charge in [-0.25, -0.2) is 18.7 Å². The smallest absolute Gasteiger partial charge is 0.236 e. The molecule has 1 heterocycles. The molecule has 0 aromatic carbocycles. The number of aryl methyl sites for hydroxylation is 1. The predicted molar refractivity (Wildman–Crippen MR) is 54.4 cm³/mol. The molecule has 0 saturated heterocycles. The second kappa shape index (κ2) is 10.0. The standard InChI is InChI=1S/C6H6F2N2.2C2H6/c1-4-2-9-6(5(7)8)10-3-4;2*1-2/h2-3,5H,1H3;2*1-2H3. The van der Waals surface area contributed by atoms with Crippen LogP contribution in [0.15, 0.2) is 12.4 Å². The van der Waals surface area contributed by atoms with Crippen LogP contribution < -0.4 is 0 Å². The van der Waals surface area contributed by atoms with Gasteiger partial charge < -0.3 is 0 Å². The highest BCUT2D eigenvalue weighted by Gasteiger charge is 2.08. The quantitative estimate of drug-likeness (QED) is 0.695. The highest BCUT2D eigenvalue weighted by Crippen LogP contribution is 2.12. The first kappa shape index (κ1) is 15.4. The van der Waals surface area contributed by atoms with E-state index in [-0.39, 0.29) is 0 Å². The average Bonchev–Trinajstić information content (AvgIpc) is 2.24. The van der Waals surface area contributed by atoms with Crippen molar-refractivity contribution in [1.29, 1.82) is 0 Å². The molecule has 0 aliphatic rings. The second-order valence-electron chi connectivity index (χ2n) is 1.92. The molecule has 0 radical (unpaired) electrons. The number of rotatable bonds is 1. The zero-order valence-electron chi connectivity index (χ0n) is 9.38. The largest absolute Gasteiger partial charge is 0.297 e. The van der Waals surface area contributed by atoms with Crippen molar-refractivity contribution in [1.82, 2.24) is 9.97 Å². The second-order valence-corrected chi connectivity index (χ2v) is 1.92. The molecule has 0 unspecified atom stereocenters. The predicted octanol–water partition coefficient (Wildman–Crippen LogP) is 3.78. The summed E-state index contributed by atoms with van der Waals surface area (Å²) in [5.74, 6) is -0.411. The molecule has 1 rings (SSSR count). The van der Waals surface area contributed by atoms with Crippen LogP contribution >= 0.6 is 0 Å². The van der Waals surface area contributed by atoms with Crippen LogP contribution in [0.4, 0.5) is 8.78 Å². The first-order valence-corrected chi connectivity index (χ1v) is 4.77. The first-order valence-electron chi connectivity index (χ1n) is 4.77. The molecule has 0 atom stereocenters. The average molecular weight is 204 g/mol. The third-order valence-electron chi connectivity index (χ3n) is 0.996. The molecule has 0 spiro atoms. The van der Waals surface area contributed by atoms with Crippen molar-refractivity contribution >= 4 is 0 Å². The summed E-state index contributed by atoms with van der Waals surface area (Å²) in [6.45, 7) is 9.75. The van der Waals surface area contributed by atoms with Crippen LogP contribution in [0.3, 0.4) is 0 Å². The van der Waals surface area contributed by atoms with Crippen LogP contribution in [0.2, 0.25) is 0 Å². The van der Waals surface area contributed by atoms with Crippen LogP contribution in [0, 0.1) is 6.92 Å². The number of hydrogen-bond acceptors (Lipinski definition) is 2. The van der Waals surface area contributed by atoms with Crippen molar-refractivity contribution in [3.05, 3.63) is 23.8 Å². The van der Waals surface area contributed by atoms with Crippen molar-refractivity contribution in [3.63, 3.8) is 0 Å². The maximum atomic E-state index is 11.8. The molecule has 0 aliphatic heterocycles. The molecule has 14 heavy (non-hydrogen) atoms. The van der Waals surface area contributed by atoms with Crippen LogP contribution in [0.5, 0.6) is 0 Å². The van der Waals surface area contributed by atoms with Crippen molar-refractivity contribution < 1.29 is 8.78 Å². The molecule has 82 valence electrons. The van der Waals surface area contributed by atoms with Gasteiger partial charge in [0.15, 0.2) is 5.82 Å². The fourth-order valence-electron chi connectivity index (χ4n) is 0.515. The third kappa shape index (κ3) is 6.46. The fourth-order valence-corrected chi connectivity index (χ4v) is 0.515. The molecule has 0 fully saturated rings. The van der Waals surface area contributed by atoms with Crippen LogP contribution in [0.25, 0.3) is 0 Å². The molecule has 0 saturated carbocycles. The maximum absolute atomic E-state index is 11.8. The minimum absolute atomic E-state index is 0.411. The molecule has 2 nitrogen and oxygen atoms in total. The van der Waals surface area contributed by atoms with Gasteiger partial charge in [0.2, 0.25) is 0 Å². The van der Waals surface area contributed by atoms with Crippen LogP contribution in [-0.2, 0) is 0 Å². The van der Waals surface area contributed by atoms with Gasteiger partial charge in [-0.2, -0.15) is 0 Å². The van der Waals surface area contributed by atoms with Gasteiger partial charge in [0.1, 0.15) is 0 Å². The van der Waals surface area contributed by atoms with Crippen LogP contribution in [-0.4, -0.2) is 9.97 Å². The Morgan fingerprint density at radius 1 is 1.00 bits per heavy atom. The summed E-state index contributed by atoms with van der Waals surface area (Å²) in [5.41, 5.74) is 0.782. The summed E-state index contributed by atoms with van der Waals surface area (Å²) in [4.78, 5) is 6.83. The Morgan fingerprint density at radius 2 is 1.36 bits per heavy atom. The molecule has 0 aliphatic carbocycles. The van der Waals surface area contributed by atoms with Gasteiger partial charge in [0.25, 0.3) is 6.43 Å². The Bertz CT molecular complexity index is 210. The van der Waals surface area contributed by atoms with Crippen molar-refractivity contribution in [2.45, 2.75) is 41.0 Å². The Kier molecular flexibility index (Phi) is 11.0. The summed E-state index contributed by atoms with van der Waals surface area (Å²) in [7, 11) is 0. The highest BCUT2D eigenvalue weighted by molar-refractivity contribution is 5.02. The van der Waals surface area contributed by atoms with Crippen LogP contribution in [0.1, 0.15) is 45.5 Å². The van der Waals surface area contributed by atoms with Gasteiger partial charge in [-0.1, -0.05) is 27.7 Å². The van der Waals surface area contributed by atoms with Crippen molar-refractivity contribution in [2.75, 3.05) is 0 Å². The van der Waals surface area contributed by atoms with Gasteiger partial charge in [-0.15, -0.1) is 0 Å². The number of alkyl halides is 2. The summed E-state index contributed by atoms with van der Waals surface area (Å²) in [5, 5.41) is 0. The van der Waals surface area contributed by atoms with Crippen molar-refractivity contribution in [3.8, 4) is 0 Å². The number of nitrogens with zero attached hydrogens (tertiary/aromatic N) is 2. The zero-order valence-corrected chi connectivity index (χ0v) is 9.38. The van der Waals surface area contributed by atoms with E-state index < -0.39 is 12.2 Å². The van der Waals surface area contributed by atoms with E-state index >= 15 is 0 Å². The number of halogens is 2. The summed E-state index contributed by atoms with van der Waals surface area (Å²) in [6, 6.07) is 0. The van der Waals surface area contributed by atoms with E-state index in [1.54, 1.807) is 6.92 Å². The minimum Gasteiger partial charge on any atom is -0.236 e. The van der Waals surface area contributed by atoms with E-state index in [2.05, 4.69) is 9.97 Å². The Hall–Kier alpha value is -1.06. The molecular formula is C10H18F2N2. The van der Waals surface area contributed by atoms with Gasteiger partial charge in [0, 0.05) is 12.4 Å². The summed E-state index contributed by atoms with van der Waals surface area (Å²) < 4.78 is 23.5.